The van der Waals surface area contributed by atoms with Gasteiger partial charge in [-0.3, -0.25) is 4.98 Å². The number of hydrogen-bond donors (Lipinski definition) is 1. The lowest BCUT2D eigenvalue weighted by Gasteiger charge is -2.12. The summed E-state index contributed by atoms with van der Waals surface area (Å²) < 4.78 is 22.0. The molecule has 1 unspecified atom stereocenters. The molecule has 0 radical (unpaired) electrons. The zero-order valence-corrected chi connectivity index (χ0v) is 10.4. The molecule has 1 heterocycles. The van der Waals surface area contributed by atoms with E-state index in [2.05, 4.69) is 4.98 Å². The van der Waals surface area contributed by atoms with Crippen molar-refractivity contribution < 1.29 is 13.5 Å². The molecular weight excluding hydrogens is 226 g/mol. The van der Waals surface area contributed by atoms with Gasteiger partial charge in [0.2, 0.25) is 0 Å². The molecule has 0 amide bonds. The van der Waals surface area contributed by atoms with Crippen molar-refractivity contribution >= 4 is 9.84 Å². The van der Waals surface area contributed by atoms with Crippen molar-refractivity contribution in [2.75, 3.05) is 12.0 Å². The van der Waals surface area contributed by atoms with Crippen LogP contribution < -0.4 is 0 Å². The van der Waals surface area contributed by atoms with E-state index in [9.17, 15) is 13.5 Å². The van der Waals surface area contributed by atoms with E-state index in [1.807, 2.05) is 19.1 Å². The number of sulfone groups is 1. The first-order valence-corrected chi connectivity index (χ1v) is 7.29. The van der Waals surface area contributed by atoms with E-state index in [1.54, 1.807) is 6.20 Å². The van der Waals surface area contributed by atoms with Crippen LogP contribution in [0.1, 0.15) is 30.7 Å². The predicted octanol–water partition coefficient (Wildman–Crippen LogP) is 1.11. The maximum atomic E-state index is 11.0. The highest BCUT2D eigenvalue weighted by atomic mass is 32.2. The van der Waals surface area contributed by atoms with E-state index >= 15 is 0 Å². The van der Waals surface area contributed by atoms with Crippen LogP contribution in [0.25, 0.3) is 0 Å². The monoisotopic (exact) mass is 243 g/mol. The second-order valence-corrected chi connectivity index (χ2v) is 6.10. The van der Waals surface area contributed by atoms with Crippen molar-refractivity contribution in [3.05, 3.63) is 29.6 Å². The second kappa shape index (κ2) is 5.41. The fraction of sp³-hybridized carbons (Fsp3) is 0.545. The summed E-state index contributed by atoms with van der Waals surface area (Å²) in [7, 11) is -3.03. The molecule has 0 saturated heterocycles. The average molecular weight is 243 g/mol. The Hall–Kier alpha value is -0.940. The highest BCUT2D eigenvalue weighted by Gasteiger charge is 2.15. The minimum Gasteiger partial charge on any atom is -0.387 e. The van der Waals surface area contributed by atoms with Crippen LogP contribution in [0.15, 0.2) is 18.3 Å². The van der Waals surface area contributed by atoms with E-state index < -0.39 is 15.9 Å². The first kappa shape index (κ1) is 13.1. The van der Waals surface area contributed by atoms with Crippen molar-refractivity contribution in [2.45, 2.75) is 25.9 Å². The minimum absolute atomic E-state index is 0.0199. The van der Waals surface area contributed by atoms with Gasteiger partial charge in [0.05, 0.1) is 17.6 Å². The molecule has 0 aliphatic carbocycles. The smallest absolute Gasteiger partial charge is 0.147 e. The van der Waals surface area contributed by atoms with Crippen LogP contribution in [0.3, 0.4) is 0 Å². The van der Waals surface area contributed by atoms with Gasteiger partial charge < -0.3 is 5.11 Å². The number of pyridine rings is 1. The summed E-state index contributed by atoms with van der Waals surface area (Å²) >= 11 is 0. The zero-order valence-electron chi connectivity index (χ0n) is 9.55. The summed E-state index contributed by atoms with van der Waals surface area (Å²) in [6.45, 7) is 1.98. The summed E-state index contributed by atoms with van der Waals surface area (Å²) in [5.74, 6) is -0.0199. The van der Waals surface area contributed by atoms with Gasteiger partial charge in [-0.15, -0.1) is 0 Å². The number of nitrogens with zero attached hydrogens (tertiary/aromatic N) is 1. The van der Waals surface area contributed by atoms with E-state index in [4.69, 9.17) is 0 Å². The third kappa shape index (κ3) is 3.90. The van der Waals surface area contributed by atoms with Gasteiger partial charge in [0.25, 0.3) is 0 Å². The molecule has 0 aliphatic heterocycles. The molecule has 0 aromatic carbocycles. The van der Waals surface area contributed by atoms with Gasteiger partial charge in [-0.05, 0) is 24.5 Å². The average Bonchev–Trinajstić information content (AvgIpc) is 2.25. The summed E-state index contributed by atoms with van der Waals surface area (Å²) in [5, 5.41) is 9.87. The maximum absolute atomic E-state index is 11.0. The molecule has 90 valence electrons. The highest BCUT2D eigenvalue weighted by Crippen LogP contribution is 2.19. The van der Waals surface area contributed by atoms with Crippen LogP contribution in [0.4, 0.5) is 0 Å². The van der Waals surface area contributed by atoms with Crippen molar-refractivity contribution in [2.24, 2.45) is 0 Å². The van der Waals surface area contributed by atoms with Crippen molar-refractivity contribution in [3.8, 4) is 0 Å². The van der Waals surface area contributed by atoms with Gasteiger partial charge in [-0.25, -0.2) is 8.42 Å². The van der Waals surface area contributed by atoms with Crippen molar-refractivity contribution in [1.82, 2.24) is 4.98 Å². The Kier molecular flexibility index (Phi) is 4.44. The van der Waals surface area contributed by atoms with Crippen LogP contribution in [-0.2, 0) is 16.3 Å². The van der Waals surface area contributed by atoms with Gasteiger partial charge in [0, 0.05) is 12.5 Å². The highest BCUT2D eigenvalue weighted by molar-refractivity contribution is 7.90. The largest absolute Gasteiger partial charge is 0.387 e. The van der Waals surface area contributed by atoms with Crippen LogP contribution in [-0.4, -0.2) is 30.5 Å². The van der Waals surface area contributed by atoms with Crippen molar-refractivity contribution in [1.29, 1.82) is 0 Å². The van der Waals surface area contributed by atoms with Crippen molar-refractivity contribution in [3.63, 3.8) is 0 Å². The molecule has 1 N–H and O–H groups in total. The second-order valence-electron chi connectivity index (χ2n) is 3.84. The summed E-state index contributed by atoms with van der Waals surface area (Å²) in [4.78, 5) is 4.11. The molecule has 0 saturated carbocycles. The lowest BCUT2D eigenvalue weighted by atomic mass is 10.1. The quantitative estimate of drug-likeness (QED) is 0.841. The summed E-state index contributed by atoms with van der Waals surface area (Å²) in [6, 6.07) is 3.71. The molecule has 1 rings (SSSR count). The molecule has 0 bridgehead atoms. The number of hydrogen-bond acceptors (Lipinski definition) is 4. The van der Waals surface area contributed by atoms with Gasteiger partial charge in [0.15, 0.2) is 0 Å². The molecular formula is C11H17NO3S. The Morgan fingerprint density at radius 2 is 2.19 bits per heavy atom. The summed E-state index contributed by atoms with van der Waals surface area (Å²) in [5.41, 5.74) is 1.55. The molecule has 0 spiro atoms. The Morgan fingerprint density at radius 3 is 2.75 bits per heavy atom. The van der Waals surface area contributed by atoms with Gasteiger partial charge in [-0.2, -0.15) is 0 Å². The standard InChI is InChI=1S/C11H17NO3S/c1-3-9-5-4-7-12-11(9)10(13)6-8-16(2,14)15/h4-5,7,10,13H,3,6,8H2,1-2H3. The van der Waals surface area contributed by atoms with Crippen LogP contribution >= 0.6 is 0 Å². The Labute approximate surface area is 96.3 Å². The number of aliphatic hydroxyl groups is 1. The molecule has 0 aliphatic rings. The molecule has 1 aromatic rings. The van der Waals surface area contributed by atoms with E-state index in [0.29, 0.717) is 5.69 Å². The molecule has 16 heavy (non-hydrogen) atoms. The van der Waals surface area contributed by atoms with Crippen LogP contribution in [0, 0.1) is 0 Å². The predicted molar refractivity (Wildman–Crippen MR) is 62.9 cm³/mol. The normalized spacial score (nSPS) is 13.7. The molecule has 1 aromatic heterocycles. The van der Waals surface area contributed by atoms with E-state index in [0.717, 1.165) is 12.0 Å². The fourth-order valence-corrected chi connectivity index (χ4v) is 2.16. The number of aromatic nitrogens is 1. The van der Waals surface area contributed by atoms with E-state index in [-0.39, 0.29) is 12.2 Å². The van der Waals surface area contributed by atoms with Gasteiger partial charge in [0.1, 0.15) is 9.84 Å². The van der Waals surface area contributed by atoms with Crippen LogP contribution in [0.2, 0.25) is 0 Å². The SMILES string of the molecule is CCc1cccnc1C(O)CCS(C)(=O)=O. The van der Waals surface area contributed by atoms with E-state index in [1.165, 1.54) is 6.26 Å². The zero-order chi connectivity index (χ0) is 12.2. The van der Waals surface area contributed by atoms with Crippen LogP contribution in [0.5, 0.6) is 0 Å². The third-order valence-corrected chi connectivity index (χ3v) is 3.36. The summed E-state index contributed by atoms with van der Waals surface area (Å²) in [6.07, 6.45) is 2.95. The topological polar surface area (TPSA) is 67.3 Å². The number of rotatable bonds is 5. The Balaban J connectivity index is 2.76. The first-order chi connectivity index (χ1) is 7.44. The minimum atomic E-state index is -3.03. The van der Waals surface area contributed by atoms with Gasteiger partial charge in [-0.1, -0.05) is 13.0 Å². The molecule has 4 nitrogen and oxygen atoms in total. The molecule has 5 heteroatoms. The van der Waals surface area contributed by atoms with Gasteiger partial charge >= 0.3 is 0 Å². The lowest BCUT2D eigenvalue weighted by molar-refractivity contribution is 0.168. The third-order valence-electron chi connectivity index (χ3n) is 2.38. The molecule has 1 atom stereocenters. The Morgan fingerprint density at radius 1 is 1.50 bits per heavy atom. The first-order valence-electron chi connectivity index (χ1n) is 5.23. The Bertz CT molecular complexity index is 442. The fourth-order valence-electron chi connectivity index (χ4n) is 1.51. The number of aryl methyl sites for hydroxylation is 1. The lowest BCUT2D eigenvalue weighted by Crippen LogP contribution is -2.11. The number of aliphatic hydroxyl groups excluding tert-OH is 1. The maximum Gasteiger partial charge on any atom is 0.147 e. The molecule has 0 fully saturated rings.